The molecular formula is C15H13F2NO2S. The first-order valence-electron chi connectivity index (χ1n) is 6.53. The van der Waals surface area contributed by atoms with Gasteiger partial charge < -0.3 is 0 Å². The van der Waals surface area contributed by atoms with Gasteiger partial charge in [0.25, 0.3) is 0 Å². The maximum absolute atomic E-state index is 13.7. The van der Waals surface area contributed by atoms with Crippen LogP contribution in [0.1, 0.15) is 23.6 Å². The number of hydrogen-bond acceptors (Lipinski definition) is 2. The Labute approximate surface area is 121 Å². The van der Waals surface area contributed by atoms with Gasteiger partial charge in [0.05, 0.1) is 0 Å². The van der Waals surface area contributed by atoms with Gasteiger partial charge in [-0.15, -0.1) is 0 Å². The molecule has 3 nitrogen and oxygen atoms in total. The van der Waals surface area contributed by atoms with Gasteiger partial charge in [-0.05, 0) is 36.1 Å². The predicted molar refractivity (Wildman–Crippen MR) is 74.2 cm³/mol. The quantitative estimate of drug-likeness (QED) is 0.947. The first kappa shape index (κ1) is 14.2. The largest absolute Gasteiger partial charge is 0.246 e. The Balaban J connectivity index is 1.95. The molecule has 110 valence electrons. The van der Waals surface area contributed by atoms with Gasteiger partial charge in [0.2, 0.25) is 10.0 Å². The molecule has 1 unspecified atom stereocenters. The first-order chi connectivity index (χ1) is 9.99. The molecule has 1 N–H and O–H groups in total. The topological polar surface area (TPSA) is 46.2 Å². The van der Waals surface area contributed by atoms with Crippen molar-refractivity contribution in [1.82, 2.24) is 4.72 Å². The van der Waals surface area contributed by atoms with Crippen molar-refractivity contribution in [3.8, 4) is 0 Å². The molecule has 2 aromatic carbocycles. The van der Waals surface area contributed by atoms with Crippen LogP contribution in [0.3, 0.4) is 0 Å². The monoisotopic (exact) mass is 309 g/mol. The van der Waals surface area contributed by atoms with Gasteiger partial charge in [0, 0.05) is 6.04 Å². The van der Waals surface area contributed by atoms with E-state index >= 15 is 0 Å². The van der Waals surface area contributed by atoms with Crippen molar-refractivity contribution in [3.63, 3.8) is 0 Å². The molecule has 1 aliphatic rings. The lowest BCUT2D eigenvalue weighted by molar-refractivity contribution is 0.505. The summed E-state index contributed by atoms with van der Waals surface area (Å²) in [6, 6.07) is 9.99. The van der Waals surface area contributed by atoms with Crippen LogP contribution in [-0.4, -0.2) is 8.42 Å². The summed E-state index contributed by atoms with van der Waals surface area (Å²) in [6.45, 7) is 0. The molecular weight excluding hydrogens is 296 g/mol. The Morgan fingerprint density at radius 2 is 1.67 bits per heavy atom. The number of benzene rings is 2. The molecule has 0 heterocycles. The molecule has 0 saturated heterocycles. The van der Waals surface area contributed by atoms with Crippen LogP contribution in [-0.2, 0) is 16.4 Å². The van der Waals surface area contributed by atoms with Gasteiger partial charge in [0.15, 0.2) is 4.90 Å². The zero-order valence-electron chi connectivity index (χ0n) is 11.0. The van der Waals surface area contributed by atoms with E-state index in [1.54, 1.807) is 0 Å². The van der Waals surface area contributed by atoms with Gasteiger partial charge >= 0.3 is 0 Å². The molecule has 6 heteroatoms. The van der Waals surface area contributed by atoms with Crippen molar-refractivity contribution in [2.75, 3.05) is 0 Å². The fourth-order valence-electron chi connectivity index (χ4n) is 2.67. The standard InChI is InChI=1S/C15H13F2NO2S/c16-12-6-3-7-13(17)15(12)21(19,20)18-14-9-8-10-4-1-2-5-11(10)14/h1-7,14,18H,8-9H2. The maximum atomic E-state index is 13.7. The third-order valence-electron chi connectivity index (χ3n) is 3.62. The van der Waals surface area contributed by atoms with Crippen molar-refractivity contribution in [2.24, 2.45) is 0 Å². The number of sulfonamides is 1. The average Bonchev–Trinajstić information content (AvgIpc) is 2.81. The minimum absolute atomic E-state index is 0.454. The third kappa shape index (κ3) is 2.56. The van der Waals surface area contributed by atoms with Crippen LogP contribution < -0.4 is 4.72 Å². The molecule has 1 atom stereocenters. The normalized spacial score (nSPS) is 17.7. The summed E-state index contributed by atoms with van der Waals surface area (Å²) in [5.41, 5.74) is 1.91. The van der Waals surface area contributed by atoms with E-state index < -0.39 is 32.6 Å². The summed E-state index contributed by atoms with van der Waals surface area (Å²) in [6.07, 6.45) is 1.32. The zero-order chi connectivity index (χ0) is 15.0. The van der Waals surface area contributed by atoms with E-state index in [0.717, 1.165) is 35.7 Å². The van der Waals surface area contributed by atoms with E-state index in [4.69, 9.17) is 0 Å². The molecule has 0 spiro atoms. The van der Waals surface area contributed by atoms with E-state index in [1.165, 1.54) is 0 Å². The Kier molecular flexibility index (Phi) is 3.51. The molecule has 0 fully saturated rings. The molecule has 0 aliphatic heterocycles. The highest BCUT2D eigenvalue weighted by Crippen LogP contribution is 2.32. The maximum Gasteiger partial charge on any atom is 0.246 e. The average molecular weight is 309 g/mol. The highest BCUT2D eigenvalue weighted by atomic mass is 32.2. The Morgan fingerprint density at radius 1 is 1.00 bits per heavy atom. The molecule has 2 aromatic rings. The lowest BCUT2D eigenvalue weighted by atomic mass is 10.1. The number of fused-ring (bicyclic) bond motifs is 1. The van der Waals surface area contributed by atoms with Gasteiger partial charge in [-0.2, -0.15) is 0 Å². The van der Waals surface area contributed by atoms with Crippen LogP contribution in [0.25, 0.3) is 0 Å². The SMILES string of the molecule is O=S(=O)(NC1CCc2ccccc21)c1c(F)cccc1F. The van der Waals surface area contributed by atoms with E-state index in [0.29, 0.717) is 6.42 Å². The van der Waals surface area contributed by atoms with Crippen molar-refractivity contribution in [2.45, 2.75) is 23.8 Å². The van der Waals surface area contributed by atoms with Gasteiger partial charge in [0.1, 0.15) is 11.6 Å². The zero-order valence-corrected chi connectivity index (χ0v) is 11.8. The molecule has 21 heavy (non-hydrogen) atoms. The van der Waals surface area contributed by atoms with E-state index in [-0.39, 0.29) is 0 Å². The second-order valence-electron chi connectivity index (χ2n) is 4.96. The third-order valence-corrected chi connectivity index (χ3v) is 5.14. The number of aryl methyl sites for hydroxylation is 1. The minimum Gasteiger partial charge on any atom is -0.207 e. The molecule has 0 aromatic heterocycles. The van der Waals surface area contributed by atoms with Crippen molar-refractivity contribution in [3.05, 3.63) is 65.2 Å². The summed E-state index contributed by atoms with van der Waals surface area (Å²) >= 11 is 0. The van der Waals surface area contributed by atoms with Crippen molar-refractivity contribution >= 4 is 10.0 Å². The summed E-state index contributed by atoms with van der Waals surface area (Å²) in [7, 11) is -4.25. The smallest absolute Gasteiger partial charge is 0.207 e. The molecule has 0 radical (unpaired) electrons. The van der Waals surface area contributed by atoms with Crippen LogP contribution in [0.5, 0.6) is 0 Å². The highest BCUT2D eigenvalue weighted by Gasteiger charge is 2.30. The van der Waals surface area contributed by atoms with Gasteiger partial charge in [-0.25, -0.2) is 21.9 Å². The van der Waals surface area contributed by atoms with Gasteiger partial charge in [-0.3, -0.25) is 0 Å². The lowest BCUT2D eigenvalue weighted by Gasteiger charge is -2.15. The second kappa shape index (κ2) is 5.20. The molecule has 0 saturated carbocycles. The molecule has 3 rings (SSSR count). The van der Waals surface area contributed by atoms with Crippen LogP contribution in [0, 0.1) is 11.6 Å². The van der Waals surface area contributed by atoms with E-state index in [9.17, 15) is 17.2 Å². The predicted octanol–water partition coefficient (Wildman–Crippen LogP) is 2.93. The van der Waals surface area contributed by atoms with Crippen LogP contribution in [0.15, 0.2) is 47.4 Å². The number of rotatable bonds is 3. The number of nitrogens with one attached hydrogen (secondary N) is 1. The first-order valence-corrected chi connectivity index (χ1v) is 8.01. The van der Waals surface area contributed by atoms with E-state index in [2.05, 4.69) is 4.72 Å². The molecule has 0 amide bonds. The number of halogens is 2. The summed E-state index contributed by atoms with van der Waals surface area (Å²) in [4.78, 5) is -0.922. The fraction of sp³-hybridized carbons (Fsp3) is 0.200. The highest BCUT2D eigenvalue weighted by molar-refractivity contribution is 7.89. The molecule has 1 aliphatic carbocycles. The summed E-state index contributed by atoms with van der Waals surface area (Å²) in [5, 5.41) is 0. The Morgan fingerprint density at radius 3 is 2.38 bits per heavy atom. The van der Waals surface area contributed by atoms with Gasteiger partial charge in [-0.1, -0.05) is 30.3 Å². The van der Waals surface area contributed by atoms with Crippen LogP contribution in [0.4, 0.5) is 8.78 Å². The fourth-order valence-corrected chi connectivity index (χ4v) is 4.05. The Bertz CT molecular complexity index is 770. The molecule has 0 bridgehead atoms. The van der Waals surface area contributed by atoms with Crippen LogP contribution in [0.2, 0.25) is 0 Å². The Hall–Kier alpha value is -1.79. The lowest BCUT2D eigenvalue weighted by Crippen LogP contribution is -2.28. The second-order valence-corrected chi connectivity index (χ2v) is 6.61. The van der Waals surface area contributed by atoms with Crippen molar-refractivity contribution in [1.29, 1.82) is 0 Å². The van der Waals surface area contributed by atoms with E-state index in [1.807, 2.05) is 24.3 Å². The summed E-state index contributed by atoms with van der Waals surface area (Å²) < 4.78 is 54.2. The van der Waals surface area contributed by atoms with Crippen LogP contribution >= 0.6 is 0 Å². The van der Waals surface area contributed by atoms with Crippen molar-refractivity contribution < 1.29 is 17.2 Å². The number of hydrogen-bond donors (Lipinski definition) is 1. The minimum atomic E-state index is -4.25. The summed E-state index contributed by atoms with van der Waals surface area (Å²) in [5.74, 6) is -2.18.